The molecule has 5 nitrogen and oxygen atoms in total. The fraction of sp³-hybridized carbons (Fsp3) is 0.471. The number of aromatic nitrogens is 2. The molecule has 0 aliphatic carbocycles. The highest BCUT2D eigenvalue weighted by atomic mass is 32.1. The van der Waals surface area contributed by atoms with Crippen molar-refractivity contribution in [1.29, 1.82) is 0 Å². The van der Waals surface area contributed by atoms with Crippen molar-refractivity contribution >= 4 is 17.2 Å². The zero-order chi connectivity index (χ0) is 16.7. The number of halogens is 1. The standard InChI is InChI=1S/C17H19FN4OS/c1-10-14(11-4-7-22(10)8-5-11)21-16(23)13-9-20-17(24-13)15-12(18)3-2-6-19-15/h2-3,6,9-11,14H,4-5,7-8H2,1H3,(H,21,23)/t10-,14-/m0/s1. The Morgan fingerprint density at radius 3 is 2.88 bits per heavy atom. The van der Waals surface area contributed by atoms with Gasteiger partial charge < -0.3 is 5.32 Å². The van der Waals surface area contributed by atoms with Gasteiger partial charge >= 0.3 is 0 Å². The van der Waals surface area contributed by atoms with Gasteiger partial charge in [0.1, 0.15) is 15.6 Å². The van der Waals surface area contributed by atoms with Gasteiger partial charge in [-0.05, 0) is 50.9 Å². The Hall–Kier alpha value is -1.86. The van der Waals surface area contributed by atoms with E-state index in [1.54, 1.807) is 0 Å². The lowest BCUT2D eigenvalue weighted by molar-refractivity contribution is 0.0218. The first-order chi connectivity index (χ1) is 11.6. The normalized spacial score (nSPS) is 28.8. The molecule has 0 saturated carbocycles. The maximum Gasteiger partial charge on any atom is 0.263 e. The molecule has 2 atom stereocenters. The number of pyridine rings is 1. The number of carbonyl (C=O) groups excluding carboxylic acids is 1. The first-order valence-corrected chi connectivity index (χ1v) is 9.07. The molecule has 1 N–H and O–H groups in total. The lowest BCUT2D eigenvalue weighted by atomic mass is 9.79. The van der Waals surface area contributed by atoms with Crippen molar-refractivity contribution in [2.45, 2.75) is 31.8 Å². The summed E-state index contributed by atoms with van der Waals surface area (Å²) in [5, 5.41) is 3.60. The number of nitrogens with zero attached hydrogens (tertiary/aromatic N) is 3. The third-order valence-electron chi connectivity index (χ3n) is 5.17. The van der Waals surface area contributed by atoms with Gasteiger partial charge in [-0.25, -0.2) is 9.37 Å². The molecule has 3 aliphatic heterocycles. The van der Waals surface area contributed by atoms with Gasteiger partial charge in [0, 0.05) is 18.3 Å². The van der Waals surface area contributed by atoms with Gasteiger partial charge in [0.2, 0.25) is 0 Å². The highest BCUT2D eigenvalue weighted by molar-refractivity contribution is 7.16. The summed E-state index contributed by atoms with van der Waals surface area (Å²) in [6.45, 7) is 4.43. The molecular weight excluding hydrogens is 327 g/mol. The number of hydrogen-bond donors (Lipinski definition) is 1. The largest absolute Gasteiger partial charge is 0.347 e. The first kappa shape index (κ1) is 15.7. The Morgan fingerprint density at radius 1 is 1.38 bits per heavy atom. The average molecular weight is 346 g/mol. The van der Waals surface area contributed by atoms with E-state index in [1.165, 1.54) is 35.9 Å². The van der Waals surface area contributed by atoms with Crippen molar-refractivity contribution in [2.75, 3.05) is 13.1 Å². The van der Waals surface area contributed by atoms with Crippen LogP contribution < -0.4 is 5.32 Å². The van der Waals surface area contributed by atoms with Crippen molar-refractivity contribution < 1.29 is 9.18 Å². The molecule has 0 spiro atoms. The molecule has 3 fully saturated rings. The van der Waals surface area contributed by atoms with Crippen LogP contribution in [0, 0.1) is 11.7 Å². The van der Waals surface area contributed by atoms with Crippen LogP contribution in [0.3, 0.4) is 0 Å². The fourth-order valence-electron chi connectivity index (χ4n) is 3.80. The number of piperidine rings is 3. The molecule has 3 saturated heterocycles. The Kier molecular flexibility index (Phi) is 4.05. The zero-order valence-electron chi connectivity index (χ0n) is 13.4. The van der Waals surface area contributed by atoms with E-state index in [9.17, 15) is 9.18 Å². The smallest absolute Gasteiger partial charge is 0.263 e. The number of nitrogens with one attached hydrogen (secondary N) is 1. The van der Waals surface area contributed by atoms with Gasteiger partial charge in [0.25, 0.3) is 5.91 Å². The second-order valence-corrected chi connectivity index (χ2v) is 7.51. The number of carbonyl (C=O) groups is 1. The summed E-state index contributed by atoms with van der Waals surface area (Å²) in [6.07, 6.45) is 5.31. The second-order valence-electron chi connectivity index (χ2n) is 6.48. The average Bonchev–Trinajstić information content (AvgIpc) is 3.09. The van der Waals surface area contributed by atoms with Crippen molar-refractivity contribution in [3.8, 4) is 10.7 Å². The summed E-state index contributed by atoms with van der Waals surface area (Å²) < 4.78 is 13.8. The van der Waals surface area contributed by atoms with Crippen LogP contribution in [-0.2, 0) is 0 Å². The molecule has 5 rings (SSSR count). The Bertz CT molecular complexity index is 755. The van der Waals surface area contributed by atoms with Gasteiger partial charge in [-0.2, -0.15) is 0 Å². The molecule has 2 aromatic rings. The Morgan fingerprint density at radius 2 is 2.17 bits per heavy atom. The number of thiazole rings is 1. The molecule has 0 aromatic carbocycles. The maximum absolute atomic E-state index is 13.8. The van der Waals surface area contributed by atoms with Crippen LogP contribution in [0.2, 0.25) is 0 Å². The van der Waals surface area contributed by atoms with Crippen LogP contribution >= 0.6 is 11.3 Å². The molecule has 1 amide bonds. The predicted molar refractivity (Wildman–Crippen MR) is 90.3 cm³/mol. The third-order valence-corrected chi connectivity index (χ3v) is 6.17. The molecule has 7 heteroatoms. The van der Waals surface area contributed by atoms with Crippen molar-refractivity contribution in [1.82, 2.24) is 20.2 Å². The second kappa shape index (κ2) is 6.22. The molecule has 0 radical (unpaired) electrons. The van der Waals surface area contributed by atoms with Crippen LogP contribution in [0.5, 0.6) is 0 Å². The van der Waals surface area contributed by atoms with Gasteiger partial charge in [-0.15, -0.1) is 11.3 Å². The van der Waals surface area contributed by atoms with Crippen LogP contribution in [-0.4, -0.2) is 45.9 Å². The highest BCUT2D eigenvalue weighted by Gasteiger charge is 2.40. The third kappa shape index (κ3) is 2.71. The Labute approximate surface area is 143 Å². The quantitative estimate of drug-likeness (QED) is 0.928. The van der Waals surface area contributed by atoms with E-state index >= 15 is 0 Å². The van der Waals surface area contributed by atoms with Gasteiger partial charge in [-0.1, -0.05) is 0 Å². The number of fused-ring (bicyclic) bond motifs is 3. The van der Waals surface area contributed by atoms with Crippen molar-refractivity contribution in [3.63, 3.8) is 0 Å². The van der Waals surface area contributed by atoms with Crippen LogP contribution in [0.1, 0.15) is 29.4 Å². The molecule has 24 heavy (non-hydrogen) atoms. The minimum absolute atomic E-state index is 0.124. The SMILES string of the molecule is C[C@H]1[C@H](NC(=O)c2cnc(-c3ncccc3F)s2)C2CCN1CC2. The monoisotopic (exact) mass is 346 g/mol. The first-order valence-electron chi connectivity index (χ1n) is 8.25. The highest BCUT2D eigenvalue weighted by Crippen LogP contribution is 2.32. The minimum Gasteiger partial charge on any atom is -0.347 e. The van der Waals surface area contributed by atoms with E-state index in [2.05, 4.69) is 27.1 Å². The fourth-order valence-corrected chi connectivity index (χ4v) is 4.62. The molecular formula is C17H19FN4OS. The lowest BCUT2D eigenvalue weighted by Gasteiger charge is -2.49. The van der Waals surface area contributed by atoms with E-state index in [1.807, 2.05) is 0 Å². The summed E-state index contributed by atoms with van der Waals surface area (Å²) in [5.74, 6) is 0.0000799. The maximum atomic E-state index is 13.8. The minimum atomic E-state index is -0.426. The predicted octanol–water partition coefficient (Wildman–Crippen LogP) is 2.56. The summed E-state index contributed by atoms with van der Waals surface area (Å²) in [5.41, 5.74) is 0.192. The summed E-state index contributed by atoms with van der Waals surface area (Å²) in [6, 6.07) is 3.42. The van der Waals surface area contributed by atoms with E-state index in [0.717, 1.165) is 25.9 Å². The van der Waals surface area contributed by atoms with E-state index in [4.69, 9.17) is 0 Å². The van der Waals surface area contributed by atoms with E-state index in [-0.39, 0.29) is 17.6 Å². The molecule has 5 heterocycles. The van der Waals surface area contributed by atoms with E-state index in [0.29, 0.717) is 21.8 Å². The molecule has 2 aromatic heterocycles. The summed E-state index contributed by atoms with van der Waals surface area (Å²) >= 11 is 1.18. The van der Waals surface area contributed by atoms with Gasteiger partial charge in [0.15, 0.2) is 5.82 Å². The van der Waals surface area contributed by atoms with Crippen LogP contribution in [0.15, 0.2) is 24.5 Å². The zero-order valence-corrected chi connectivity index (χ0v) is 14.2. The molecule has 126 valence electrons. The molecule has 2 bridgehead atoms. The van der Waals surface area contributed by atoms with Crippen molar-refractivity contribution in [3.05, 3.63) is 35.2 Å². The topological polar surface area (TPSA) is 58.1 Å². The van der Waals surface area contributed by atoms with Crippen LogP contribution in [0.25, 0.3) is 10.7 Å². The van der Waals surface area contributed by atoms with Gasteiger partial charge in [0.05, 0.1) is 6.20 Å². The van der Waals surface area contributed by atoms with Crippen molar-refractivity contribution in [2.24, 2.45) is 5.92 Å². The number of hydrogen-bond acceptors (Lipinski definition) is 5. The lowest BCUT2D eigenvalue weighted by Crippen LogP contribution is -2.62. The van der Waals surface area contributed by atoms with Crippen LogP contribution in [0.4, 0.5) is 4.39 Å². The van der Waals surface area contributed by atoms with Gasteiger partial charge in [-0.3, -0.25) is 14.7 Å². The molecule has 0 unspecified atom stereocenters. The summed E-state index contributed by atoms with van der Waals surface area (Å²) in [4.78, 5) is 23.7. The number of amides is 1. The number of rotatable bonds is 3. The van der Waals surface area contributed by atoms with E-state index < -0.39 is 5.82 Å². The summed E-state index contributed by atoms with van der Waals surface area (Å²) in [7, 11) is 0. The Balaban J connectivity index is 1.51. The molecule has 3 aliphatic rings.